The summed E-state index contributed by atoms with van der Waals surface area (Å²) >= 11 is 0. The number of nitrogens with zero attached hydrogens (tertiary/aromatic N) is 2. The van der Waals surface area contributed by atoms with Crippen molar-refractivity contribution in [1.82, 2.24) is 9.78 Å². The number of rotatable bonds is 4. The lowest BCUT2D eigenvalue weighted by Gasteiger charge is -2.07. The lowest BCUT2D eigenvalue weighted by atomic mass is 10.1. The molecule has 3 rings (SSSR count). The number of nitrogens with two attached hydrogens (primary N) is 1. The van der Waals surface area contributed by atoms with Gasteiger partial charge in [-0.15, -0.1) is 0 Å². The van der Waals surface area contributed by atoms with Crippen LogP contribution in [0.25, 0.3) is 16.9 Å². The van der Waals surface area contributed by atoms with Gasteiger partial charge in [-0.05, 0) is 49.4 Å². The fourth-order valence-electron chi connectivity index (χ4n) is 2.32. The van der Waals surface area contributed by atoms with Crippen LogP contribution in [-0.2, 0) is 4.74 Å². The first-order valence-electron chi connectivity index (χ1n) is 7.47. The number of benzene rings is 2. The number of esters is 1. The molecular formula is C18H16FN3O2. The SMILES string of the molecule is CCOC(=O)c1cc(-c2ccc(N)cc2)n(-c2ccc(F)cc2)n1. The van der Waals surface area contributed by atoms with E-state index < -0.39 is 5.97 Å². The first-order chi connectivity index (χ1) is 11.6. The molecule has 5 nitrogen and oxygen atoms in total. The molecule has 0 saturated heterocycles. The minimum Gasteiger partial charge on any atom is -0.461 e. The summed E-state index contributed by atoms with van der Waals surface area (Å²) in [4.78, 5) is 12.0. The second kappa shape index (κ2) is 6.54. The minimum absolute atomic E-state index is 0.188. The molecule has 0 amide bonds. The summed E-state index contributed by atoms with van der Waals surface area (Å²) in [6.45, 7) is 2.00. The van der Waals surface area contributed by atoms with Crippen LogP contribution in [0.2, 0.25) is 0 Å². The van der Waals surface area contributed by atoms with Gasteiger partial charge >= 0.3 is 5.97 Å². The van der Waals surface area contributed by atoms with Crippen molar-refractivity contribution in [2.75, 3.05) is 12.3 Å². The fraction of sp³-hybridized carbons (Fsp3) is 0.111. The summed E-state index contributed by atoms with van der Waals surface area (Å²) < 4.78 is 19.8. The third-order valence-electron chi connectivity index (χ3n) is 3.47. The summed E-state index contributed by atoms with van der Waals surface area (Å²) in [5, 5.41) is 4.32. The van der Waals surface area contributed by atoms with E-state index in [2.05, 4.69) is 5.10 Å². The van der Waals surface area contributed by atoms with Crippen LogP contribution in [0.15, 0.2) is 54.6 Å². The van der Waals surface area contributed by atoms with Gasteiger partial charge in [0.1, 0.15) is 5.82 Å². The molecule has 0 atom stereocenters. The van der Waals surface area contributed by atoms with E-state index in [4.69, 9.17) is 10.5 Å². The molecule has 0 bridgehead atoms. The Labute approximate surface area is 138 Å². The van der Waals surface area contributed by atoms with Crippen LogP contribution in [0, 0.1) is 5.82 Å². The topological polar surface area (TPSA) is 70.1 Å². The van der Waals surface area contributed by atoms with Crippen molar-refractivity contribution in [3.8, 4) is 16.9 Å². The predicted molar refractivity (Wildman–Crippen MR) is 89.3 cm³/mol. The van der Waals surface area contributed by atoms with Crippen LogP contribution in [0.5, 0.6) is 0 Å². The molecule has 3 aromatic rings. The van der Waals surface area contributed by atoms with Crippen molar-refractivity contribution in [2.24, 2.45) is 0 Å². The number of anilines is 1. The normalized spacial score (nSPS) is 10.6. The average Bonchev–Trinajstić information content (AvgIpc) is 3.02. The molecule has 1 heterocycles. The number of aromatic nitrogens is 2. The number of carbonyl (C=O) groups is 1. The third-order valence-corrected chi connectivity index (χ3v) is 3.47. The van der Waals surface area contributed by atoms with Crippen LogP contribution in [0.4, 0.5) is 10.1 Å². The molecule has 2 aromatic carbocycles. The molecule has 122 valence electrons. The van der Waals surface area contributed by atoms with Crippen molar-refractivity contribution in [2.45, 2.75) is 6.92 Å². The molecule has 0 fully saturated rings. The van der Waals surface area contributed by atoms with E-state index >= 15 is 0 Å². The molecule has 0 aliphatic heterocycles. The number of hydrogen-bond acceptors (Lipinski definition) is 4. The maximum absolute atomic E-state index is 13.2. The number of ether oxygens (including phenoxy) is 1. The molecule has 6 heteroatoms. The molecule has 2 N–H and O–H groups in total. The highest BCUT2D eigenvalue weighted by Gasteiger charge is 2.17. The Morgan fingerprint density at radius 2 is 1.83 bits per heavy atom. The van der Waals surface area contributed by atoms with E-state index in [1.54, 1.807) is 41.9 Å². The lowest BCUT2D eigenvalue weighted by Crippen LogP contribution is -2.06. The zero-order valence-electron chi connectivity index (χ0n) is 13.1. The monoisotopic (exact) mass is 325 g/mol. The van der Waals surface area contributed by atoms with Crippen LogP contribution in [-0.4, -0.2) is 22.4 Å². The Bertz CT molecular complexity index is 792. The van der Waals surface area contributed by atoms with E-state index in [0.717, 1.165) is 5.56 Å². The summed E-state index contributed by atoms with van der Waals surface area (Å²) in [6, 6.07) is 14.7. The summed E-state index contributed by atoms with van der Waals surface area (Å²) in [6.07, 6.45) is 0. The molecular weight excluding hydrogens is 309 g/mol. The number of halogens is 1. The maximum Gasteiger partial charge on any atom is 0.358 e. The Morgan fingerprint density at radius 1 is 1.17 bits per heavy atom. The standard InChI is InChI=1S/C18H16FN3O2/c1-2-24-18(23)16-11-17(12-3-7-14(20)8-4-12)22(21-16)15-9-5-13(19)6-10-15/h3-11H,2,20H2,1H3. The van der Waals surface area contributed by atoms with E-state index in [1.807, 2.05) is 12.1 Å². The van der Waals surface area contributed by atoms with Gasteiger partial charge in [-0.3, -0.25) is 0 Å². The summed E-state index contributed by atoms with van der Waals surface area (Å²) in [5.74, 6) is -0.847. The van der Waals surface area contributed by atoms with Crippen molar-refractivity contribution in [1.29, 1.82) is 0 Å². The van der Waals surface area contributed by atoms with E-state index in [1.165, 1.54) is 12.1 Å². The van der Waals surface area contributed by atoms with E-state index in [0.29, 0.717) is 17.1 Å². The number of carbonyl (C=O) groups excluding carboxylic acids is 1. The van der Waals surface area contributed by atoms with Crippen molar-refractivity contribution >= 4 is 11.7 Å². The fourth-order valence-corrected chi connectivity index (χ4v) is 2.32. The predicted octanol–water partition coefficient (Wildman–Crippen LogP) is 3.44. The van der Waals surface area contributed by atoms with Crippen LogP contribution < -0.4 is 5.73 Å². The number of hydrogen-bond donors (Lipinski definition) is 1. The molecule has 0 aliphatic rings. The molecule has 0 spiro atoms. The Morgan fingerprint density at radius 3 is 2.46 bits per heavy atom. The molecule has 0 radical (unpaired) electrons. The summed E-state index contributed by atoms with van der Waals surface area (Å²) in [7, 11) is 0. The quantitative estimate of drug-likeness (QED) is 0.589. The van der Waals surface area contributed by atoms with E-state index in [9.17, 15) is 9.18 Å². The lowest BCUT2D eigenvalue weighted by molar-refractivity contribution is 0.0519. The van der Waals surface area contributed by atoms with Gasteiger partial charge in [0.05, 0.1) is 18.0 Å². The first kappa shape index (κ1) is 15.7. The third kappa shape index (κ3) is 3.12. The highest BCUT2D eigenvalue weighted by molar-refractivity contribution is 5.89. The zero-order valence-corrected chi connectivity index (χ0v) is 13.1. The van der Waals surface area contributed by atoms with Crippen LogP contribution in [0.3, 0.4) is 0 Å². The Kier molecular flexibility index (Phi) is 4.29. The van der Waals surface area contributed by atoms with Crippen molar-refractivity contribution in [3.05, 3.63) is 66.1 Å². The maximum atomic E-state index is 13.2. The van der Waals surface area contributed by atoms with Gasteiger partial charge in [-0.25, -0.2) is 13.9 Å². The van der Waals surface area contributed by atoms with Gasteiger partial charge in [0.2, 0.25) is 0 Å². The first-order valence-corrected chi connectivity index (χ1v) is 7.47. The smallest absolute Gasteiger partial charge is 0.358 e. The summed E-state index contributed by atoms with van der Waals surface area (Å²) in [5.41, 5.74) is 8.70. The van der Waals surface area contributed by atoms with Crippen molar-refractivity contribution < 1.29 is 13.9 Å². The van der Waals surface area contributed by atoms with Crippen LogP contribution >= 0.6 is 0 Å². The second-order valence-corrected chi connectivity index (χ2v) is 5.15. The van der Waals surface area contributed by atoms with Gasteiger partial charge < -0.3 is 10.5 Å². The molecule has 24 heavy (non-hydrogen) atoms. The Hall–Kier alpha value is -3.15. The highest BCUT2D eigenvalue weighted by atomic mass is 19.1. The Balaban J connectivity index is 2.12. The molecule has 0 saturated carbocycles. The largest absolute Gasteiger partial charge is 0.461 e. The number of nitrogen functional groups attached to an aromatic ring is 1. The van der Waals surface area contributed by atoms with Gasteiger partial charge in [-0.2, -0.15) is 5.10 Å². The minimum atomic E-state index is -0.505. The van der Waals surface area contributed by atoms with Gasteiger partial charge in [-0.1, -0.05) is 12.1 Å². The molecule has 1 aromatic heterocycles. The van der Waals surface area contributed by atoms with Gasteiger partial charge in [0.15, 0.2) is 5.69 Å². The van der Waals surface area contributed by atoms with Gasteiger partial charge in [0, 0.05) is 11.3 Å². The van der Waals surface area contributed by atoms with Crippen molar-refractivity contribution in [3.63, 3.8) is 0 Å². The molecule has 0 aliphatic carbocycles. The molecule has 0 unspecified atom stereocenters. The average molecular weight is 325 g/mol. The second-order valence-electron chi connectivity index (χ2n) is 5.15. The van der Waals surface area contributed by atoms with Crippen LogP contribution in [0.1, 0.15) is 17.4 Å². The van der Waals surface area contributed by atoms with Gasteiger partial charge in [0.25, 0.3) is 0 Å². The highest BCUT2D eigenvalue weighted by Crippen LogP contribution is 2.25. The zero-order chi connectivity index (χ0) is 17.1. The van der Waals surface area contributed by atoms with E-state index in [-0.39, 0.29) is 18.1 Å².